The molecule has 0 bridgehead atoms. The van der Waals surface area contributed by atoms with Gasteiger partial charge in [-0.25, -0.2) is 8.42 Å². The quantitative estimate of drug-likeness (QED) is 0.457. The molecule has 0 aliphatic rings. The molecule has 29 heavy (non-hydrogen) atoms. The maximum atomic E-state index is 12.9. The highest BCUT2D eigenvalue weighted by Gasteiger charge is 2.24. The lowest BCUT2D eigenvalue weighted by molar-refractivity contribution is 0.219. The van der Waals surface area contributed by atoms with Gasteiger partial charge in [0.1, 0.15) is 0 Å². The average molecular weight is 433 g/mol. The lowest BCUT2D eigenvalue weighted by Gasteiger charge is -2.17. The molecule has 3 rings (SSSR count). The van der Waals surface area contributed by atoms with E-state index in [1.54, 1.807) is 56.3 Å². The second-order valence-corrected chi connectivity index (χ2v) is 10.1. The number of hydrogen-bond donors (Lipinski definition) is 1. The third-order valence-corrected chi connectivity index (χ3v) is 7.77. The first-order valence-corrected chi connectivity index (χ1v) is 12.6. The monoisotopic (exact) mass is 433 g/mol. The Balaban J connectivity index is 1.81. The van der Waals surface area contributed by atoms with Gasteiger partial charge >= 0.3 is 7.60 Å². The summed E-state index contributed by atoms with van der Waals surface area (Å²) < 4.78 is 51.7. The number of anilines is 1. The van der Waals surface area contributed by atoms with E-state index in [9.17, 15) is 13.0 Å². The van der Waals surface area contributed by atoms with E-state index in [1.807, 2.05) is 24.3 Å². The molecule has 0 saturated heterocycles. The standard InChI is InChI=1S/C21H24NO5PS/c1-3-26-28(23,27-4-2)16-17-12-14-19(15-13-17)22-29(24,25)21-11-7-9-18-8-5-6-10-20(18)21/h5-15,22H,3-4,16H2,1-2H3. The molecule has 0 fully saturated rings. The van der Waals surface area contributed by atoms with E-state index in [4.69, 9.17) is 9.05 Å². The van der Waals surface area contributed by atoms with Gasteiger partial charge in [-0.15, -0.1) is 0 Å². The molecule has 8 heteroatoms. The zero-order valence-electron chi connectivity index (χ0n) is 16.4. The molecule has 0 amide bonds. The van der Waals surface area contributed by atoms with Gasteiger partial charge in [0, 0.05) is 11.1 Å². The SMILES string of the molecule is CCOP(=O)(Cc1ccc(NS(=O)(=O)c2cccc3ccccc23)cc1)OCC. The summed E-state index contributed by atoms with van der Waals surface area (Å²) in [5.41, 5.74) is 1.16. The summed E-state index contributed by atoms with van der Waals surface area (Å²) >= 11 is 0. The smallest absolute Gasteiger partial charge is 0.309 e. The van der Waals surface area contributed by atoms with Crippen LogP contribution in [-0.4, -0.2) is 21.6 Å². The van der Waals surface area contributed by atoms with E-state index in [1.165, 1.54) is 0 Å². The van der Waals surface area contributed by atoms with Crippen molar-refractivity contribution in [2.45, 2.75) is 24.9 Å². The predicted molar refractivity (Wildman–Crippen MR) is 116 cm³/mol. The summed E-state index contributed by atoms with van der Waals surface area (Å²) in [6.45, 7) is 4.11. The number of rotatable bonds is 9. The van der Waals surface area contributed by atoms with Crippen LogP contribution in [0.3, 0.4) is 0 Å². The molecule has 0 aliphatic heterocycles. The van der Waals surface area contributed by atoms with Crippen LogP contribution in [0.25, 0.3) is 10.8 Å². The Morgan fingerprint density at radius 3 is 2.14 bits per heavy atom. The second kappa shape index (κ2) is 9.09. The first-order valence-electron chi connectivity index (χ1n) is 9.34. The highest BCUT2D eigenvalue weighted by Crippen LogP contribution is 2.51. The van der Waals surface area contributed by atoms with Gasteiger partial charge in [0.25, 0.3) is 10.0 Å². The molecular formula is C21H24NO5PS. The maximum Gasteiger partial charge on any atom is 0.335 e. The number of fused-ring (bicyclic) bond motifs is 1. The van der Waals surface area contributed by atoms with Crippen LogP contribution in [0.15, 0.2) is 71.6 Å². The van der Waals surface area contributed by atoms with Crippen molar-refractivity contribution in [3.8, 4) is 0 Å². The number of sulfonamides is 1. The van der Waals surface area contributed by atoms with Gasteiger partial charge in [0.15, 0.2) is 0 Å². The molecule has 0 spiro atoms. The van der Waals surface area contributed by atoms with Crippen LogP contribution in [0.2, 0.25) is 0 Å². The van der Waals surface area contributed by atoms with E-state index in [0.29, 0.717) is 24.3 Å². The Morgan fingerprint density at radius 2 is 1.48 bits per heavy atom. The van der Waals surface area contributed by atoms with Crippen molar-refractivity contribution in [1.29, 1.82) is 0 Å². The molecule has 0 aromatic heterocycles. The summed E-state index contributed by atoms with van der Waals surface area (Å²) in [5.74, 6) is 0. The summed E-state index contributed by atoms with van der Waals surface area (Å²) in [6.07, 6.45) is 0.130. The van der Waals surface area contributed by atoms with Crippen LogP contribution in [0.5, 0.6) is 0 Å². The Hall–Kier alpha value is -2.18. The van der Waals surface area contributed by atoms with Crippen molar-refractivity contribution in [1.82, 2.24) is 0 Å². The number of hydrogen-bond acceptors (Lipinski definition) is 5. The second-order valence-electron chi connectivity index (χ2n) is 6.38. The largest absolute Gasteiger partial charge is 0.335 e. The van der Waals surface area contributed by atoms with Crippen molar-refractivity contribution < 1.29 is 22.0 Å². The van der Waals surface area contributed by atoms with Crippen LogP contribution in [-0.2, 0) is 29.8 Å². The predicted octanol–water partition coefficient (Wildman–Crippen LogP) is 5.41. The van der Waals surface area contributed by atoms with Gasteiger partial charge in [0.2, 0.25) is 0 Å². The fourth-order valence-corrected chi connectivity index (χ4v) is 6.06. The minimum Gasteiger partial charge on any atom is -0.309 e. The molecule has 0 unspecified atom stereocenters. The molecule has 0 aliphatic carbocycles. The topological polar surface area (TPSA) is 81.7 Å². The molecule has 6 nitrogen and oxygen atoms in total. The van der Waals surface area contributed by atoms with Crippen LogP contribution >= 0.6 is 7.60 Å². The Bertz CT molecular complexity index is 1110. The molecular weight excluding hydrogens is 409 g/mol. The molecule has 1 N–H and O–H groups in total. The molecule has 3 aromatic rings. The molecule has 3 aromatic carbocycles. The highest BCUT2D eigenvalue weighted by molar-refractivity contribution is 7.93. The Kier molecular flexibility index (Phi) is 6.75. The normalized spacial score (nSPS) is 12.2. The van der Waals surface area contributed by atoms with Crippen LogP contribution in [0.1, 0.15) is 19.4 Å². The molecule has 154 valence electrons. The van der Waals surface area contributed by atoms with Gasteiger partial charge in [-0.3, -0.25) is 9.29 Å². The van der Waals surface area contributed by atoms with Crippen molar-refractivity contribution in [3.63, 3.8) is 0 Å². The Morgan fingerprint density at radius 1 is 0.862 bits per heavy atom. The molecule has 0 atom stereocenters. The van der Waals surface area contributed by atoms with E-state index in [-0.39, 0.29) is 11.1 Å². The van der Waals surface area contributed by atoms with E-state index >= 15 is 0 Å². The fourth-order valence-electron chi connectivity index (χ4n) is 3.06. The average Bonchev–Trinajstić information content (AvgIpc) is 2.69. The summed E-state index contributed by atoms with van der Waals surface area (Å²) in [6, 6.07) is 19.2. The minimum atomic E-state index is -3.76. The van der Waals surface area contributed by atoms with Crippen LogP contribution in [0.4, 0.5) is 5.69 Å². The van der Waals surface area contributed by atoms with Gasteiger partial charge in [0.05, 0.1) is 24.3 Å². The van der Waals surface area contributed by atoms with Crippen molar-refractivity contribution >= 4 is 34.1 Å². The number of nitrogens with one attached hydrogen (secondary N) is 1. The van der Waals surface area contributed by atoms with Crippen LogP contribution in [0, 0.1) is 0 Å². The maximum absolute atomic E-state index is 12.9. The fraction of sp³-hybridized carbons (Fsp3) is 0.238. The van der Waals surface area contributed by atoms with Gasteiger partial charge in [-0.1, -0.05) is 48.5 Å². The van der Waals surface area contributed by atoms with E-state index in [2.05, 4.69) is 4.72 Å². The Labute approximate surface area is 171 Å². The van der Waals surface area contributed by atoms with Crippen molar-refractivity contribution in [2.24, 2.45) is 0 Å². The molecule has 0 heterocycles. The first-order chi connectivity index (χ1) is 13.9. The summed E-state index contributed by atoms with van der Waals surface area (Å²) in [7, 11) is -6.97. The van der Waals surface area contributed by atoms with Crippen LogP contribution < -0.4 is 4.72 Å². The third kappa shape index (κ3) is 5.25. The summed E-state index contributed by atoms with van der Waals surface area (Å²) in [5, 5.41) is 1.52. The molecule has 0 saturated carbocycles. The van der Waals surface area contributed by atoms with E-state index in [0.717, 1.165) is 10.9 Å². The third-order valence-electron chi connectivity index (χ3n) is 4.27. The molecule has 0 radical (unpaired) electrons. The van der Waals surface area contributed by atoms with Crippen molar-refractivity contribution in [3.05, 3.63) is 72.3 Å². The van der Waals surface area contributed by atoms with Gasteiger partial charge < -0.3 is 9.05 Å². The van der Waals surface area contributed by atoms with Gasteiger partial charge in [-0.2, -0.15) is 0 Å². The lowest BCUT2D eigenvalue weighted by atomic mass is 10.1. The lowest BCUT2D eigenvalue weighted by Crippen LogP contribution is -2.13. The zero-order chi connectivity index (χ0) is 20.9. The highest BCUT2D eigenvalue weighted by atomic mass is 32.2. The number of benzene rings is 3. The zero-order valence-corrected chi connectivity index (χ0v) is 18.1. The first kappa shape index (κ1) is 21.5. The van der Waals surface area contributed by atoms with Crippen molar-refractivity contribution in [2.75, 3.05) is 17.9 Å². The van der Waals surface area contributed by atoms with Gasteiger partial charge in [-0.05, 0) is 43.0 Å². The minimum absolute atomic E-state index is 0.130. The summed E-state index contributed by atoms with van der Waals surface area (Å²) in [4.78, 5) is 0.219. The van der Waals surface area contributed by atoms with E-state index < -0.39 is 17.6 Å².